The summed E-state index contributed by atoms with van der Waals surface area (Å²) in [5.41, 5.74) is 0.913. The molecule has 0 bridgehead atoms. The van der Waals surface area contributed by atoms with Crippen molar-refractivity contribution < 1.29 is 13.2 Å². The Morgan fingerprint density at radius 1 is 1.14 bits per heavy atom. The van der Waals surface area contributed by atoms with Gasteiger partial charge < -0.3 is 10.6 Å². The maximum absolute atomic E-state index is 12.7. The molecule has 21 heavy (non-hydrogen) atoms. The van der Waals surface area contributed by atoms with Crippen molar-refractivity contribution in [3.8, 4) is 0 Å². The summed E-state index contributed by atoms with van der Waals surface area (Å²) in [7, 11) is 1.50. The number of anilines is 2. The third-order valence-electron chi connectivity index (χ3n) is 2.65. The normalized spacial score (nSPS) is 11.3. The number of nitrogens with one attached hydrogen (secondary N) is 2. The first-order chi connectivity index (χ1) is 9.90. The number of halogens is 4. The van der Waals surface area contributed by atoms with Crippen molar-refractivity contribution in [2.24, 2.45) is 0 Å². The minimum atomic E-state index is -4.59. The van der Waals surface area contributed by atoms with Crippen LogP contribution < -0.4 is 10.6 Å². The van der Waals surface area contributed by atoms with E-state index in [-0.39, 0.29) is 11.6 Å². The zero-order valence-electron chi connectivity index (χ0n) is 11.0. The molecule has 0 spiro atoms. The molecule has 0 aliphatic rings. The molecule has 1 aromatic carbocycles. The number of aromatic nitrogens is 2. The lowest BCUT2D eigenvalue weighted by molar-refractivity contribution is -0.144. The smallest absolute Gasteiger partial charge is 0.373 e. The predicted octanol–water partition coefficient (Wildman–Crippen LogP) is 3.91. The number of benzene rings is 1. The molecule has 2 aromatic rings. The molecular formula is C13H12BrF3N4. The van der Waals surface area contributed by atoms with Gasteiger partial charge in [0, 0.05) is 24.1 Å². The first-order valence-corrected chi connectivity index (χ1v) is 6.81. The minimum Gasteiger partial charge on any atom is -0.373 e. The molecule has 0 radical (unpaired) electrons. The van der Waals surface area contributed by atoms with Crippen molar-refractivity contribution in [3.05, 3.63) is 46.2 Å². The van der Waals surface area contributed by atoms with Crippen LogP contribution in [0.15, 0.2) is 34.8 Å². The van der Waals surface area contributed by atoms with Gasteiger partial charge in [-0.25, -0.2) is 9.97 Å². The van der Waals surface area contributed by atoms with Crippen molar-refractivity contribution in [2.75, 3.05) is 17.7 Å². The van der Waals surface area contributed by atoms with E-state index in [0.29, 0.717) is 6.54 Å². The van der Waals surface area contributed by atoms with Crippen LogP contribution in [0.4, 0.5) is 24.8 Å². The summed E-state index contributed by atoms with van der Waals surface area (Å²) in [6.45, 7) is 0.346. The second-order valence-electron chi connectivity index (χ2n) is 4.15. The number of alkyl halides is 3. The zero-order chi connectivity index (χ0) is 15.5. The van der Waals surface area contributed by atoms with Gasteiger partial charge in [0.1, 0.15) is 11.6 Å². The highest BCUT2D eigenvalue weighted by molar-refractivity contribution is 9.10. The molecule has 0 amide bonds. The van der Waals surface area contributed by atoms with Crippen molar-refractivity contribution in [3.63, 3.8) is 0 Å². The Hall–Kier alpha value is -1.83. The van der Waals surface area contributed by atoms with Gasteiger partial charge in [-0.3, -0.25) is 0 Å². The molecule has 0 aliphatic heterocycles. The van der Waals surface area contributed by atoms with Gasteiger partial charge in [-0.2, -0.15) is 13.2 Å². The molecule has 112 valence electrons. The molecule has 0 fully saturated rings. The van der Waals surface area contributed by atoms with E-state index >= 15 is 0 Å². The Balaban J connectivity index is 2.22. The van der Waals surface area contributed by atoms with Crippen molar-refractivity contribution in [2.45, 2.75) is 12.7 Å². The van der Waals surface area contributed by atoms with Crippen LogP contribution in [-0.2, 0) is 12.7 Å². The third-order valence-corrected chi connectivity index (χ3v) is 3.43. The first kappa shape index (κ1) is 15.6. The van der Waals surface area contributed by atoms with E-state index in [1.807, 2.05) is 24.3 Å². The fourth-order valence-electron chi connectivity index (χ4n) is 1.62. The summed E-state index contributed by atoms with van der Waals surface area (Å²) in [5.74, 6) is -0.964. The number of hydrogen-bond acceptors (Lipinski definition) is 4. The van der Waals surface area contributed by atoms with E-state index in [2.05, 4.69) is 36.5 Å². The predicted molar refractivity (Wildman–Crippen MR) is 78.0 cm³/mol. The highest BCUT2D eigenvalue weighted by Gasteiger charge is 2.35. The SMILES string of the molecule is CNc1cc(NCc2ccccc2Br)nc(C(F)(F)F)n1. The van der Waals surface area contributed by atoms with Crippen LogP contribution in [0.5, 0.6) is 0 Å². The Bertz CT molecular complexity index is 631. The molecule has 2 rings (SSSR count). The summed E-state index contributed by atoms with van der Waals surface area (Å²) >= 11 is 3.38. The molecule has 1 aromatic heterocycles. The molecular weight excluding hydrogens is 349 g/mol. The van der Waals surface area contributed by atoms with Crippen LogP contribution in [0.25, 0.3) is 0 Å². The fourth-order valence-corrected chi connectivity index (χ4v) is 2.05. The molecule has 0 atom stereocenters. The Morgan fingerprint density at radius 2 is 1.81 bits per heavy atom. The summed E-state index contributed by atoms with van der Waals surface area (Å²) in [6, 6.07) is 8.85. The lowest BCUT2D eigenvalue weighted by atomic mass is 10.2. The molecule has 8 heteroatoms. The van der Waals surface area contributed by atoms with Gasteiger partial charge in [0.25, 0.3) is 0 Å². The molecule has 1 heterocycles. The Labute approximate surface area is 127 Å². The van der Waals surface area contributed by atoms with E-state index < -0.39 is 12.0 Å². The molecule has 2 N–H and O–H groups in total. The van der Waals surface area contributed by atoms with Crippen LogP contribution in [0, 0.1) is 0 Å². The first-order valence-electron chi connectivity index (χ1n) is 6.01. The second-order valence-corrected chi connectivity index (χ2v) is 5.01. The fraction of sp³-hybridized carbons (Fsp3) is 0.231. The average Bonchev–Trinajstić information content (AvgIpc) is 2.45. The Kier molecular flexibility index (Phi) is 4.66. The van der Waals surface area contributed by atoms with E-state index in [0.717, 1.165) is 10.0 Å². The summed E-state index contributed by atoms with van der Waals surface area (Å²) < 4.78 is 39.0. The van der Waals surface area contributed by atoms with Crippen LogP contribution in [-0.4, -0.2) is 17.0 Å². The van der Waals surface area contributed by atoms with Crippen LogP contribution in [0.1, 0.15) is 11.4 Å². The summed E-state index contributed by atoms with van der Waals surface area (Å²) in [6.07, 6.45) is -4.59. The monoisotopic (exact) mass is 360 g/mol. The quantitative estimate of drug-likeness (QED) is 0.867. The van der Waals surface area contributed by atoms with Gasteiger partial charge in [-0.15, -0.1) is 0 Å². The second kappa shape index (κ2) is 6.30. The van der Waals surface area contributed by atoms with Crippen LogP contribution in [0.2, 0.25) is 0 Å². The third kappa shape index (κ3) is 4.07. The van der Waals surface area contributed by atoms with E-state index in [9.17, 15) is 13.2 Å². The van der Waals surface area contributed by atoms with Crippen molar-refractivity contribution in [1.82, 2.24) is 9.97 Å². The maximum Gasteiger partial charge on any atom is 0.451 e. The lowest BCUT2D eigenvalue weighted by Crippen LogP contribution is -2.14. The molecule has 0 saturated heterocycles. The van der Waals surface area contributed by atoms with Crippen LogP contribution >= 0.6 is 15.9 Å². The van der Waals surface area contributed by atoms with Gasteiger partial charge in [0.15, 0.2) is 0 Å². The van der Waals surface area contributed by atoms with E-state index in [4.69, 9.17) is 0 Å². The van der Waals surface area contributed by atoms with Gasteiger partial charge in [0.2, 0.25) is 5.82 Å². The van der Waals surface area contributed by atoms with Gasteiger partial charge in [0.05, 0.1) is 0 Å². The standard InChI is InChI=1S/C13H12BrF3N4/c1-18-10-6-11(21-12(20-10)13(15,16)17)19-7-8-4-2-3-5-9(8)14/h2-6H,7H2,1H3,(H2,18,19,20,21). The van der Waals surface area contributed by atoms with Gasteiger partial charge in [-0.05, 0) is 11.6 Å². The van der Waals surface area contributed by atoms with Crippen LogP contribution in [0.3, 0.4) is 0 Å². The average molecular weight is 361 g/mol. The van der Waals surface area contributed by atoms with Gasteiger partial charge in [-0.1, -0.05) is 34.1 Å². The molecule has 0 unspecified atom stereocenters. The topological polar surface area (TPSA) is 49.8 Å². The zero-order valence-corrected chi connectivity index (χ0v) is 12.6. The highest BCUT2D eigenvalue weighted by Crippen LogP contribution is 2.28. The largest absolute Gasteiger partial charge is 0.451 e. The molecule has 4 nitrogen and oxygen atoms in total. The number of nitrogens with zero attached hydrogens (tertiary/aromatic N) is 2. The number of rotatable bonds is 4. The highest BCUT2D eigenvalue weighted by atomic mass is 79.9. The molecule has 0 aliphatic carbocycles. The Morgan fingerprint density at radius 3 is 2.43 bits per heavy atom. The van der Waals surface area contributed by atoms with E-state index in [1.54, 1.807) is 0 Å². The minimum absolute atomic E-state index is 0.104. The van der Waals surface area contributed by atoms with E-state index in [1.165, 1.54) is 13.1 Å². The van der Waals surface area contributed by atoms with Crippen molar-refractivity contribution in [1.29, 1.82) is 0 Å². The van der Waals surface area contributed by atoms with Gasteiger partial charge >= 0.3 is 6.18 Å². The maximum atomic E-state index is 12.7. The molecule has 0 saturated carbocycles. The summed E-state index contributed by atoms with van der Waals surface area (Å²) in [5, 5.41) is 5.46. The number of hydrogen-bond donors (Lipinski definition) is 2. The summed E-state index contributed by atoms with van der Waals surface area (Å²) in [4.78, 5) is 6.89. The van der Waals surface area contributed by atoms with Crippen molar-refractivity contribution >= 4 is 27.6 Å². The lowest BCUT2D eigenvalue weighted by Gasteiger charge is -2.12.